The molecule has 4 heteroatoms. The van der Waals surface area contributed by atoms with E-state index >= 15 is 0 Å². The molecule has 98 valence electrons. The summed E-state index contributed by atoms with van der Waals surface area (Å²) in [4.78, 5) is 11.9. The highest BCUT2D eigenvalue weighted by Crippen LogP contribution is 2.18. The number of anilines is 1. The standard InChI is InChI=1S/C15H13F2NO/c1-9-3-4-10(2)14(7-9)18-15(19)12-6-5-11(16)8-13(12)17/h3-8H,1-2H3,(H,18,19). The lowest BCUT2D eigenvalue weighted by atomic mass is 10.1. The normalized spacial score (nSPS) is 10.3. The average molecular weight is 261 g/mol. The van der Waals surface area contributed by atoms with E-state index in [1.54, 1.807) is 6.07 Å². The number of halogens is 2. The maximum atomic E-state index is 13.5. The molecule has 1 amide bonds. The summed E-state index contributed by atoms with van der Waals surface area (Å²) in [5.74, 6) is -2.17. The Hall–Kier alpha value is -2.23. The third-order valence-corrected chi connectivity index (χ3v) is 2.82. The minimum Gasteiger partial charge on any atom is -0.322 e. The van der Waals surface area contributed by atoms with Gasteiger partial charge in [0.15, 0.2) is 0 Å². The summed E-state index contributed by atoms with van der Waals surface area (Å²) >= 11 is 0. The van der Waals surface area contributed by atoms with Gasteiger partial charge < -0.3 is 5.32 Å². The number of hydrogen-bond donors (Lipinski definition) is 1. The van der Waals surface area contributed by atoms with Crippen LogP contribution in [0.3, 0.4) is 0 Å². The minimum absolute atomic E-state index is 0.178. The van der Waals surface area contributed by atoms with Crippen molar-refractivity contribution in [3.63, 3.8) is 0 Å². The molecule has 2 aromatic carbocycles. The molecule has 0 saturated heterocycles. The van der Waals surface area contributed by atoms with Gasteiger partial charge in [-0.25, -0.2) is 8.78 Å². The predicted molar refractivity (Wildman–Crippen MR) is 70.2 cm³/mol. The van der Waals surface area contributed by atoms with Crippen molar-refractivity contribution >= 4 is 11.6 Å². The summed E-state index contributed by atoms with van der Waals surface area (Å²) < 4.78 is 26.3. The van der Waals surface area contributed by atoms with Gasteiger partial charge in [0.25, 0.3) is 5.91 Å². The van der Waals surface area contributed by atoms with Gasteiger partial charge >= 0.3 is 0 Å². The van der Waals surface area contributed by atoms with E-state index < -0.39 is 17.5 Å². The highest BCUT2D eigenvalue weighted by molar-refractivity contribution is 6.04. The van der Waals surface area contributed by atoms with Gasteiger partial charge in [0.2, 0.25) is 0 Å². The van der Waals surface area contributed by atoms with E-state index in [2.05, 4.69) is 5.32 Å². The zero-order chi connectivity index (χ0) is 14.0. The molecule has 19 heavy (non-hydrogen) atoms. The predicted octanol–water partition coefficient (Wildman–Crippen LogP) is 3.83. The zero-order valence-electron chi connectivity index (χ0n) is 10.6. The SMILES string of the molecule is Cc1ccc(C)c(NC(=O)c2ccc(F)cc2F)c1. The molecule has 0 aliphatic carbocycles. The number of benzene rings is 2. The molecule has 0 radical (unpaired) electrons. The van der Waals surface area contributed by atoms with Crippen molar-refractivity contribution in [3.8, 4) is 0 Å². The van der Waals surface area contributed by atoms with Gasteiger partial charge in [-0.15, -0.1) is 0 Å². The Labute approximate surface area is 110 Å². The van der Waals surface area contributed by atoms with Crippen LogP contribution in [0.5, 0.6) is 0 Å². The van der Waals surface area contributed by atoms with E-state index in [9.17, 15) is 13.6 Å². The van der Waals surface area contributed by atoms with Gasteiger partial charge in [0.05, 0.1) is 5.56 Å². The Bertz CT molecular complexity index is 638. The van der Waals surface area contributed by atoms with Crippen LogP contribution in [-0.2, 0) is 0 Å². The molecule has 0 aliphatic heterocycles. The highest BCUT2D eigenvalue weighted by atomic mass is 19.1. The Morgan fingerprint density at radius 2 is 1.79 bits per heavy atom. The minimum atomic E-state index is -0.872. The van der Waals surface area contributed by atoms with E-state index in [0.29, 0.717) is 11.8 Å². The molecule has 0 atom stereocenters. The summed E-state index contributed by atoms with van der Waals surface area (Å²) in [5.41, 5.74) is 2.30. The molecular formula is C15H13F2NO. The average Bonchev–Trinajstić information content (AvgIpc) is 2.33. The van der Waals surface area contributed by atoms with Crippen LogP contribution < -0.4 is 5.32 Å². The fourth-order valence-electron chi connectivity index (χ4n) is 1.73. The first-order chi connectivity index (χ1) is 8.97. The zero-order valence-corrected chi connectivity index (χ0v) is 10.6. The fourth-order valence-corrected chi connectivity index (χ4v) is 1.73. The molecule has 0 bridgehead atoms. The third-order valence-electron chi connectivity index (χ3n) is 2.82. The van der Waals surface area contributed by atoms with Crippen molar-refractivity contribution in [2.24, 2.45) is 0 Å². The van der Waals surface area contributed by atoms with Crippen molar-refractivity contribution in [2.45, 2.75) is 13.8 Å². The second kappa shape index (κ2) is 5.18. The van der Waals surface area contributed by atoms with Crippen LogP contribution in [-0.4, -0.2) is 5.91 Å². The Morgan fingerprint density at radius 1 is 1.05 bits per heavy atom. The number of aryl methyl sites for hydroxylation is 2. The smallest absolute Gasteiger partial charge is 0.258 e. The largest absolute Gasteiger partial charge is 0.322 e. The van der Waals surface area contributed by atoms with E-state index in [4.69, 9.17) is 0 Å². The molecule has 2 nitrogen and oxygen atoms in total. The number of carbonyl (C=O) groups is 1. The van der Waals surface area contributed by atoms with Gasteiger partial charge in [0, 0.05) is 11.8 Å². The van der Waals surface area contributed by atoms with Crippen LogP contribution >= 0.6 is 0 Å². The first-order valence-corrected chi connectivity index (χ1v) is 5.81. The molecule has 2 rings (SSSR count). The van der Waals surface area contributed by atoms with Crippen molar-refractivity contribution in [1.82, 2.24) is 0 Å². The Morgan fingerprint density at radius 3 is 2.47 bits per heavy atom. The molecule has 0 unspecified atom stereocenters. The van der Waals surface area contributed by atoms with Crippen LogP contribution in [0.1, 0.15) is 21.5 Å². The Balaban J connectivity index is 2.28. The van der Waals surface area contributed by atoms with Crippen LogP contribution in [0.25, 0.3) is 0 Å². The molecule has 0 fully saturated rings. The molecule has 0 aromatic heterocycles. The highest BCUT2D eigenvalue weighted by Gasteiger charge is 2.13. The summed E-state index contributed by atoms with van der Waals surface area (Å²) in [6.07, 6.45) is 0. The number of rotatable bonds is 2. The Kier molecular flexibility index (Phi) is 3.60. The second-order valence-electron chi connectivity index (χ2n) is 4.40. The van der Waals surface area contributed by atoms with Crippen molar-refractivity contribution in [1.29, 1.82) is 0 Å². The maximum Gasteiger partial charge on any atom is 0.258 e. The van der Waals surface area contributed by atoms with Gasteiger partial charge in [-0.3, -0.25) is 4.79 Å². The number of nitrogens with one attached hydrogen (secondary N) is 1. The monoisotopic (exact) mass is 261 g/mol. The van der Waals surface area contributed by atoms with Crippen LogP contribution in [0.15, 0.2) is 36.4 Å². The van der Waals surface area contributed by atoms with Crippen LogP contribution in [0.2, 0.25) is 0 Å². The number of carbonyl (C=O) groups excluding carboxylic acids is 1. The van der Waals surface area contributed by atoms with Crippen molar-refractivity contribution in [2.75, 3.05) is 5.32 Å². The van der Waals surface area contributed by atoms with Crippen LogP contribution in [0, 0.1) is 25.5 Å². The summed E-state index contributed by atoms with van der Waals surface area (Å²) in [5, 5.41) is 2.63. The fraction of sp³-hybridized carbons (Fsp3) is 0.133. The third kappa shape index (κ3) is 2.96. The molecule has 0 heterocycles. The van der Waals surface area contributed by atoms with Gasteiger partial charge in [0.1, 0.15) is 11.6 Å². The molecule has 0 saturated carbocycles. The molecule has 1 N–H and O–H groups in total. The number of hydrogen-bond acceptors (Lipinski definition) is 1. The van der Waals surface area contributed by atoms with E-state index in [1.165, 1.54) is 0 Å². The topological polar surface area (TPSA) is 29.1 Å². The molecule has 0 spiro atoms. The van der Waals surface area contributed by atoms with Gasteiger partial charge in [-0.2, -0.15) is 0 Å². The maximum absolute atomic E-state index is 13.5. The van der Waals surface area contributed by atoms with E-state index in [0.717, 1.165) is 23.3 Å². The molecule has 0 aliphatic rings. The van der Waals surface area contributed by atoms with Crippen molar-refractivity contribution in [3.05, 3.63) is 64.7 Å². The summed E-state index contributed by atoms with van der Waals surface area (Å²) in [6, 6.07) is 8.47. The lowest BCUT2D eigenvalue weighted by Crippen LogP contribution is -2.14. The second-order valence-corrected chi connectivity index (χ2v) is 4.40. The van der Waals surface area contributed by atoms with E-state index in [1.807, 2.05) is 26.0 Å². The number of amides is 1. The first-order valence-electron chi connectivity index (χ1n) is 5.81. The van der Waals surface area contributed by atoms with Gasteiger partial charge in [-0.05, 0) is 43.2 Å². The van der Waals surface area contributed by atoms with Crippen LogP contribution in [0.4, 0.5) is 14.5 Å². The quantitative estimate of drug-likeness (QED) is 0.874. The molecule has 2 aromatic rings. The summed E-state index contributed by atoms with van der Waals surface area (Å²) in [7, 11) is 0. The summed E-state index contributed by atoms with van der Waals surface area (Å²) in [6.45, 7) is 3.74. The lowest BCUT2D eigenvalue weighted by Gasteiger charge is -2.10. The van der Waals surface area contributed by atoms with Gasteiger partial charge in [-0.1, -0.05) is 12.1 Å². The first kappa shape index (κ1) is 13.2. The van der Waals surface area contributed by atoms with E-state index in [-0.39, 0.29) is 5.56 Å². The van der Waals surface area contributed by atoms with Crippen molar-refractivity contribution < 1.29 is 13.6 Å². The lowest BCUT2D eigenvalue weighted by molar-refractivity contribution is 0.102. The molecular weight excluding hydrogens is 248 g/mol.